The average Bonchev–Trinajstić information content (AvgIpc) is 2.41. The molecular weight excluding hydrogens is 322 g/mol. The topological polar surface area (TPSA) is 0 Å². The molecule has 0 aromatic heterocycles. The maximum atomic E-state index is 13.2. The molecule has 0 aliphatic rings. The first-order valence-corrected chi connectivity index (χ1v) is 7.76. The Kier molecular flexibility index (Phi) is 5.30. The molecule has 1 atom stereocenters. The first-order valence-electron chi connectivity index (χ1n) is 6.64. The van der Waals surface area contributed by atoms with Gasteiger partial charge < -0.3 is 0 Å². The quantitative estimate of drug-likeness (QED) is 0.667. The van der Waals surface area contributed by atoms with Crippen LogP contribution in [0.25, 0.3) is 0 Å². The van der Waals surface area contributed by atoms with E-state index in [2.05, 4.69) is 15.9 Å². The molecule has 1 unspecified atom stereocenters. The van der Waals surface area contributed by atoms with Gasteiger partial charge in [0.25, 0.3) is 0 Å². The zero-order valence-corrected chi connectivity index (χ0v) is 13.0. The van der Waals surface area contributed by atoms with E-state index in [1.807, 2.05) is 19.1 Å². The van der Waals surface area contributed by atoms with Gasteiger partial charge in [-0.15, -0.1) is 0 Å². The maximum Gasteiger partial charge on any atom is 0.123 e. The Balaban J connectivity index is 2.09. The van der Waals surface area contributed by atoms with Gasteiger partial charge in [-0.05, 0) is 66.6 Å². The number of aryl methyl sites for hydroxylation is 1. The van der Waals surface area contributed by atoms with Crippen LogP contribution in [0.3, 0.4) is 0 Å². The van der Waals surface area contributed by atoms with Crippen LogP contribution in [0.1, 0.15) is 16.7 Å². The highest BCUT2D eigenvalue weighted by Crippen LogP contribution is 2.20. The van der Waals surface area contributed by atoms with Crippen molar-refractivity contribution in [3.05, 3.63) is 70.8 Å². The van der Waals surface area contributed by atoms with Crippen LogP contribution in [-0.2, 0) is 12.8 Å². The average molecular weight is 339 g/mol. The molecule has 0 nitrogen and oxygen atoms in total. The maximum absolute atomic E-state index is 13.2. The Labute approximate surface area is 127 Å². The lowest BCUT2D eigenvalue weighted by Gasteiger charge is -2.16. The van der Waals surface area contributed by atoms with Gasteiger partial charge in [-0.2, -0.15) is 0 Å². The van der Waals surface area contributed by atoms with Gasteiger partial charge in [-0.1, -0.05) is 34.1 Å². The number of alkyl halides is 1. The van der Waals surface area contributed by atoms with E-state index in [-0.39, 0.29) is 11.6 Å². The van der Waals surface area contributed by atoms with Gasteiger partial charge in [0.05, 0.1) is 0 Å². The van der Waals surface area contributed by atoms with Crippen LogP contribution in [0.15, 0.2) is 42.5 Å². The van der Waals surface area contributed by atoms with Crippen LogP contribution in [0.5, 0.6) is 0 Å². The van der Waals surface area contributed by atoms with Crippen molar-refractivity contribution < 1.29 is 8.78 Å². The van der Waals surface area contributed by atoms with Gasteiger partial charge in [0, 0.05) is 5.33 Å². The van der Waals surface area contributed by atoms with Crippen molar-refractivity contribution in [1.82, 2.24) is 0 Å². The van der Waals surface area contributed by atoms with Crippen LogP contribution < -0.4 is 0 Å². The third-order valence-corrected chi connectivity index (χ3v) is 4.36. The first-order chi connectivity index (χ1) is 9.58. The Morgan fingerprint density at radius 1 is 1.00 bits per heavy atom. The lowest BCUT2D eigenvalue weighted by atomic mass is 9.92. The summed E-state index contributed by atoms with van der Waals surface area (Å²) in [4.78, 5) is 0. The van der Waals surface area contributed by atoms with E-state index in [9.17, 15) is 8.78 Å². The summed E-state index contributed by atoms with van der Waals surface area (Å²) < 4.78 is 26.3. The predicted octanol–water partition coefficient (Wildman–Crippen LogP) is 5.07. The van der Waals surface area contributed by atoms with Crippen molar-refractivity contribution in [1.29, 1.82) is 0 Å². The summed E-state index contributed by atoms with van der Waals surface area (Å²) in [5.74, 6) is -0.0403. The third kappa shape index (κ3) is 4.14. The van der Waals surface area contributed by atoms with Crippen LogP contribution in [0.4, 0.5) is 8.78 Å². The summed E-state index contributed by atoms with van der Waals surface area (Å²) in [6.07, 6.45) is 1.66. The van der Waals surface area contributed by atoms with Crippen molar-refractivity contribution in [3.63, 3.8) is 0 Å². The molecular formula is C17H17BrF2. The van der Waals surface area contributed by atoms with Crippen molar-refractivity contribution in [2.75, 3.05) is 5.33 Å². The normalized spacial score (nSPS) is 12.4. The fourth-order valence-electron chi connectivity index (χ4n) is 2.38. The molecule has 0 saturated heterocycles. The monoisotopic (exact) mass is 338 g/mol. The molecule has 0 spiro atoms. The van der Waals surface area contributed by atoms with Crippen molar-refractivity contribution in [3.8, 4) is 0 Å². The minimum absolute atomic E-state index is 0.200. The third-order valence-electron chi connectivity index (χ3n) is 3.44. The summed E-state index contributed by atoms with van der Waals surface area (Å²) >= 11 is 3.52. The van der Waals surface area contributed by atoms with E-state index in [1.165, 1.54) is 12.1 Å². The zero-order chi connectivity index (χ0) is 14.5. The van der Waals surface area contributed by atoms with Gasteiger partial charge >= 0.3 is 0 Å². The SMILES string of the molecule is Cc1cc(F)ccc1CC(CBr)Cc1cccc(F)c1. The molecule has 3 heteroatoms. The Morgan fingerprint density at radius 2 is 1.75 bits per heavy atom. The number of hydrogen-bond acceptors (Lipinski definition) is 0. The molecule has 20 heavy (non-hydrogen) atoms. The number of halogens is 3. The molecule has 0 bridgehead atoms. The Hall–Kier alpha value is -1.22. The van der Waals surface area contributed by atoms with Crippen molar-refractivity contribution in [2.45, 2.75) is 19.8 Å². The number of rotatable bonds is 5. The van der Waals surface area contributed by atoms with Crippen LogP contribution in [0, 0.1) is 24.5 Å². The highest BCUT2D eigenvalue weighted by atomic mass is 79.9. The molecule has 0 fully saturated rings. The molecule has 0 N–H and O–H groups in total. The smallest absolute Gasteiger partial charge is 0.123 e. The largest absolute Gasteiger partial charge is 0.207 e. The van der Waals surface area contributed by atoms with Crippen LogP contribution in [-0.4, -0.2) is 5.33 Å². The fraction of sp³-hybridized carbons (Fsp3) is 0.294. The highest BCUT2D eigenvalue weighted by Gasteiger charge is 2.12. The lowest BCUT2D eigenvalue weighted by molar-refractivity contribution is 0.578. The molecule has 0 radical (unpaired) electrons. The standard InChI is InChI=1S/C17H17BrF2/c1-12-7-17(20)6-5-15(12)9-14(11-18)8-13-3-2-4-16(19)10-13/h2-7,10,14H,8-9,11H2,1H3. The molecule has 2 rings (SSSR count). The van der Waals surface area contributed by atoms with Gasteiger partial charge in [-0.3, -0.25) is 0 Å². The summed E-state index contributed by atoms with van der Waals surface area (Å²) in [6, 6.07) is 11.6. The molecule has 0 heterocycles. The van der Waals surface area contributed by atoms with E-state index in [4.69, 9.17) is 0 Å². The van der Waals surface area contributed by atoms with Crippen molar-refractivity contribution in [2.24, 2.45) is 5.92 Å². The summed E-state index contributed by atoms with van der Waals surface area (Å²) in [5.41, 5.74) is 3.11. The van der Waals surface area contributed by atoms with Gasteiger partial charge in [0.1, 0.15) is 11.6 Å². The molecule has 106 valence electrons. The molecule has 2 aromatic rings. The Morgan fingerprint density at radius 3 is 2.40 bits per heavy atom. The van der Waals surface area contributed by atoms with E-state index < -0.39 is 0 Å². The minimum Gasteiger partial charge on any atom is -0.207 e. The van der Waals surface area contributed by atoms with Gasteiger partial charge in [0.15, 0.2) is 0 Å². The molecule has 0 saturated carbocycles. The van der Waals surface area contributed by atoms with E-state index >= 15 is 0 Å². The molecule has 0 aliphatic heterocycles. The summed E-state index contributed by atoms with van der Waals surface area (Å²) in [7, 11) is 0. The number of benzene rings is 2. The lowest BCUT2D eigenvalue weighted by Crippen LogP contribution is -2.11. The Bertz CT molecular complexity index is 581. The van der Waals surface area contributed by atoms with Crippen LogP contribution >= 0.6 is 15.9 Å². The van der Waals surface area contributed by atoms with E-state index in [0.29, 0.717) is 5.92 Å². The van der Waals surface area contributed by atoms with Crippen LogP contribution in [0.2, 0.25) is 0 Å². The zero-order valence-electron chi connectivity index (χ0n) is 11.4. The second-order valence-corrected chi connectivity index (χ2v) is 5.78. The predicted molar refractivity (Wildman–Crippen MR) is 82.2 cm³/mol. The summed E-state index contributed by atoms with van der Waals surface area (Å²) in [5, 5.41) is 0.834. The van der Waals surface area contributed by atoms with E-state index in [1.54, 1.807) is 18.2 Å². The van der Waals surface area contributed by atoms with Gasteiger partial charge in [0.2, 0.25) is 0 Å². The van der Waals surface area contributed by atoms with Gasteiger partial charge in [-0.25, -0.2) is 8.78 Å². The molecule has 2 aromatic carbocycles. The molecule has 0 amide bonds. The number of hydrogen-bond donors (Lipinski definition) is 0. The molecule has 0 aliphatic carbocycles. The first kappa shape index (κ1) is 15.2. The second kappa shape index (κ2) is 6.98. The minimum atomic E-state index is -0.202. The van der Waals surface area contributed by atoms with Crippen molar-refractivity contribution >= 4 is 15.9 Å². The summed E-state index contributed by atoms with van der Waals surface area (Å²) in [6.45, 7) is 1.92. The second-order valence-electron chi connectivity index (χ2n) is 5.13. The fourth-order valence-corrected chi connectivity index (χ4v) is 2.84. The highest BCUT2D eigenvalue weighted by molar-refractivity contribution is 9.09. The van der Waals surface area contributed by atoms with E-state index in [0.717, 1.165) is 34.9 Å².